The van der Waals surface area contributed by atoms with Crippen LogP contribution in [0.4, 0.5) is 231 Å². The van der Waals surface area contributed by atoms with Crippen molar-refractivity contribution in [1.29, 1.82) is 0 Å². The van der Waals surface area contributed by atoms with E-state index in [2.05, 4.69) is 37.9 Å². The Balaban J connectivity index is -0.0000000953. The molecule has 0 spiro atoms. The van der Waals surface area contributed by atoms with Crippen molar-refractivity contribution >= 4 is 63.7 Å². The number of alkyl halides is 33. The molecular weight excluding hydrogens is 1860 g/mol. The molecule has 20 nitrogen and oxygen atoms in total. The summed E-state index contributed by atoms with van der Waals surface area (Å²) >= 11 is 0. The Morgan fingerprint density at radius 1 is 0.234 bits per heavy atom. The minimum Gasteiger partial charge on any atom is -0.435 e. The van der Waals surface area contributed by atoms with Crippen molar-refractivity contribution in [2.24, 2.45) is 0 Å². The molecular formula is C27H18F54O20S6. The molecule has 0 bridgehead atoms. The second-order valence-electron chi connectivity index (χ2n) is 13.0. The van der Waals surface area contributed by atoms with Crippen molar-refractivity contribution < 1.29 is 319 Å². The van der Waals surface area contributed by atoms with Crippen LogP contribution in [0.3, 0.4) is 0 Å². The van der Waals surface area contributed by atoms with E-state index in [-0.39, 0.29) is 0 Å². The normalized spacial score (nSPS) is 12.7. The van der Waals surface area contributed by atoms with Crippen molar-refractivity contribution in [3.05, 3.63) is 36.1 Å². The van der Waals surface area contributed by atoms with Gasteiger partial charge in [-0.05, 0) is 0 Å². The maximum Gasteiger partial charge on any atom is 0.476 e. The third kappa shape index (κ3) is 103. The van der Waals surface area contributed by atoms with Gasteiger partial charge in [-0.15, -0.1) is 0 Å². The minimum absolute atomic E-state index is 1.58. The van der Waals surface area contributed by atoms with Gasteiger partial charge in [0.25, 0.3) is 5.83 Å². The Morgan fingerprint density at radius 2 is 0.383 bits per heavy atom. The summed E-state index contributed by atoms with van der Waals surface area (Å²) in [6, 6.07) is -4.32. The van der Waals surface area contributed by atoms with E-state index in [4.69, 9.17) is 50.5 Å². The van der Waals surface area contributed by atoms with Crippen LogP contribution >= 0.6 is 0 Å². The molecule has 660 valence electrons. The lowest BCUT2D eigenvalue weighted by molar-refractivity contribution is -0.513. The first-order valence-electron chi connectivity index (χ1n) is 19.9. The van der Waals surface area contributed by atoms with Gasteiger partial charge in [-0.2, -0.15) is 195 Å². The zero-order valence-corrected chi connectivity index (χ0v) is 51.3. The molecule has 0 heterocycles. The fourth-order valence-electron chi connectivity index (χ4n) is 1.91. The summed E-state index contributed by atoms with van der Waals surface area (Å²) in [5.41, 5.74) is 0. The lowest BCUT2D eigenvalue weighted by Crippen LogP contribution is -2.52. The SMILES string of the molecule is FCC(F)(F)OC(F)(F)C(F)(F)CF.FCC(F)(F)OC(F)(F)C(F)(F)OC(F)(F)CF.FCC(F)(F)OC(F)(F)C(F)(F)OC(F)(F)CF.FCOC(F)(F)C(F)=C(F)F.FCOC(F)=C(F)F.FCOC(F)=C(F)F.O=S(=O)(F)F.O=S(=O)(F)F.O=S(=O)(F)F.O=S(=O)(F)F.O=S(=O)(F)F.O=S(=O)(F)F. The van der Waals surface area contributed by atoms with E-state index < -0.39 is 233 Å². The molecule has 0 radical (unpaired) electrons. The smallest absolute Gasteiger partial charge is 0.435 e. The molecule has 0 aromatic rings. The van der Waals surface area contributed by atoms with Gasteiger partial charge in [0.15, 0.2) is 46.9 Å². The Bertz CT molecular complexity index is 2800. The highest BCUT2D eigenvalue weighted by atomic mass is 32.3. The lowest BCUT2D eigenvalue weighted by atomic mass is 10.3. The number of ether oxygens (including phenoxy) is 8. The van der Waals surface area contributed by atoms with Gasteiger partial charge in [0.05, 0.1) is 0 Å². The molecule has 0 unspecified atom stereocenters. The molecule has 0 N–H and O–H groups in total. The molecule has 80 heteroatoms. The first kappa shape index (κ1) is 128. The molecule has 0 aromatic heterocycles. The fourth-order valence-corrected chi connectivity index (χ4v) is 1.91. The van der Waals surface area contributed by atoms with E-state index >= 15 is 0 Å². The lowest BCUT2D eigenvalue weighted by Gasteiger charge is -2.29. The maximum absolute atomic E-state index is 12.4. The molecule has 0 rings (SSSR count). The molecule has 0 saturated heterocycles. The van der Waals surface area contributed by atoms with E-state index in [1.54, 1.807) is 0 Å². The molecule has 0 aliphatic heterocycles. The van der Waals surface area contributed by atoms with Crippen molar-refractivity contribution in [3.63, 3.8) is 0 Å². The summed E-state index contributed by atoms with van der Waals surface area (Å²) in [5.74, 6) is -8.50. The van der Waals surface area contributed by atoms with E-state index in [1.807, 2.05) is 0 Å². The van der Waals surface area contributed by atoms with Crippen LogP contribution in [0.1, 0.15) is 0 Å². The second kappa shape index (κ2) is 52.6. The highest BCUT2D eigenvalue weighted by molar-refractivity contribution is 7.82. The summed E-state index contributed by atoms with van der Waals surface area (Å²) in [6.07, 6.45) is -70.9. The van der Waals surface area contributed by atoms with E-state index in [0.717, 1.165) is 0 Å². The molecule has 0 aliphatic carbocycles. The predicted molar refractivity (Wildman–Crippen MR) is 220 cm³/mol. The van der Waals surface area contributed by atoms with Crippen LogP contribution in [-0.4, -0.2) is 184 Å². The third-order valence-corrected chi connectivity index (χ3v) is 4.75. The van der Waals surface area contributed by atoms with Crippen LogP contribution < -0.4 is 0 Å². The number of hydrogen-bond acceptors (Lipinski definition) is 20. The Labute approximate surface area is 552 Å². The molecule has 0 aliphatic rings. The standard InChI is InChI=1S/2C6H4F10O2.C5H4F8O.C4H2F6O.2C3H2F4O.6F2O2S/c2*7-1-3(9,10)17-5(13,14)6(15,16)18-4(11,12)2-8;6-1-3(8,9)5(12,13)14-4(10,11)2-7;5-1-11-4(9,10)2(6)3(7)8;2*4-1-8-3(7)2(5)6;6*1-5(2,3)4/h2*1-2H2;1-2H2;1H2;2*1H2;;;;;;. The number of rotatable bonds is 26. The average Bonchev–Trinajstić information content (AvgIpc) is 0.803. The monoisotopic (exact) mass is 1880 g/mol. The predicted octanol–water partition coefficient (Wildman–Crippen LogP) is 17.0. The third-order valence-electron chi connectivity index (χ3n) is 4.75. The second-order valence-corrected chi connectivity index (χ2v) is 17.5. The van der Waals surface area contributed by atoms with Crippen molar-refractivity contribution in [2.75, 3.05) is 60.6 Å². The summed E-state index contributed by atoms with van der Waals surface area (Å²) in [4.78, 5) is 0. The van der Waals surface area contributed by atoms with Gasteiger partial charge in [-0.1, -0.05) is 46.6 Å². The maximum atomic E-state index is 12.4. The van der Waals surface area contributed by atoms with Gasteiger partial charge in [-0.3, -0.25) is 4.74 Å². The van der Waals surface area contributed by atoms with Crippen molar-refractivity contribution in [3.8, 4) is 0 Å². The topological polar surface area (TPSA) is 279 Å². The van der Waals surface area contributed by atoms with Crippen LogP contribution in [0, 0.1) is 0 Å². The first-order chi connectivity index (χ1) is 45.9. The molecule has 0 aromatic carbocycles. The molecule has 0 amide bonds. The highest BCUT2D eigenvalue weighted by Gasteiger charge is 2.69. The van der Waals surface area contributed by atoms with Crippen LogP contribution in [-0.2, 0) is 102 Å². The molecule has 0 saturated carbocycles. The van der Waals surface area contributed by atoms with Gasteiger partial charge in [-0.25, -0.2) is 63.2 Å². The van der Waals surface area contributed by atoms with E-state index in [9.17, 15) is 231 Å². The van der Waals surface area contributed by atoms with Crippen LogP contribution in [0.2, 0.25) is 0 Å². The zero-order chi connectivity index (χ0) is 90.5. The van der Waals surface area contributed by atoms with Crippen LogP contribution in [0.25, 0.3) is 0 Å². The highest BCUT2D eigenvalue weighted by Crippen LogP contribution is 2.45. The summed E-state index contributed by atoms with van der Waals surface area (Å²) in [6.45, 7) is -22.5. The van der Waals surface area contributed by atoms with Crippen molar-refractivity contribution in [2.45, 2.75) is 73.1 Å². The zero-order valence-electron chi connectivity index (χ0n) is 46.4. The number of hydrogen-bond donors (Lipinski definition) is 0. The van der Waals surface area contributed by atoms with E-state index in [1.165, 1.54) is 0 Å². The molecule has 0 atom stereocenters. The van der Waals surface area contributed by atoms with Crippen molar-refractivity contribution in [1.82, 2.24) is 0 Å². The van der Waals surface area contributed by atoms with Gasteiger partial charge < -0.3 is 9.47 Å². The van der Waals surface area contributed by atoms with Crippen LogP contribution in [0.5, 0.6) is 0 Å². The van der Waals surface area contributed by atoms with Gasteiger partial charge in [0, 0.05) is 0 Å². The summed E-state index contributed by atoms with van der Waals surface area (Å²) in [7, 11) is -34.0. The molecule has 107 heavy (non-hydrogen) atoms. The quantitative estimate of drug-likeness (QED) is 0.0442. The Hall–Kier alpha value is -5.50. The van der Waals surface area contributed by atoms with Gasteiger partial charge in [0.2, 0.25) is 13.7 Å². The summed E-state index contributed by atoms with van der Waals surface area (Å²) in [5, 5.41) is 0. The number of halogens is 54. The Morgan fingerprint density at radius 3 is 0.477 bits per heavy atom. The first-order valence-corrected chi connectivity index (χ1v) is 27.6. The molecule has 0 fully saturated rings. The summed E-state index contributed by atoms with van der Waals surface area (Å²) < 4.78 is 728. The van der Waals surface area contributed by atoms with Crippen LogP contribution in [0.15, 0.2) is 36.1 Å². The average molecular weight is 1880 g/mol. The van der Waals surface area contributed by atoms with E-state index in [0.29, 0.717) is 0 Å². The van der Waals surface area contributed by atoms with Gasteiger partial charge in [0.1, 0.15) is 0 Å². The van der Waals surface area contributed by atoms with Gasteiger partial charge >= 0.3 is 167 Å². The minimum atomic E-state index is -6.30. The largest absolute Gasteiger partial charge is 0.476 e. The fraction of sp³-hybridized carbons (Fsp3) is 0.778. The Kier molecular flexibility index (Phi) is 62.9.